The van der Waals surface area contributed by atoms with Gasteiger partial charge in [-0.2, -0.15) is 5.10 Å². The van der Waals surface area contributed by atoms with E-state index in [1.807, 2.05) is 0 Å². The maximum absolute atomic E-state index is 11.1. The fraction of sp³-hybridized carbons (Fsp3) is 0.429. The van der Waals surface area contributed by atoms with E-state index in [9.17, 15) is 4.79 Å². The first-order valence-electron chi connectivity index (χ1n) is 3.80. The standard InChI is InChI=1S/C7H10BrN3O3/c1-14-7(13)6-4(8)5(10-11-6)3(9)2-12/h3,12H,2,9H2,1H3,(H,10,11). The summed E-state index contributed by atoms with van der Waals surface area (Å²) in [6.45, 7) is -0.235. The number of aromatic nitrogens is 2. The zero-order valence-corrected chi connectivity index (χ0v) is 9.04. The third-order valence-corrected chi connectivity index (χ3v) is 2.48. The van der Waals surface area contributed by atoms with Gasteiger partial charge in [-0.3, -0.25) is 5.10 Å². The smallest absolute Gasteiger partial charge is 0.359 e. The molecular formula is C7H10BrN3O3. The van der Waals surface area contributed by atoms with E-state index in [2.05, 4.69) is 30.9 Å². The van der Waals surface area contributed by atoms with Crippen LogP contribution >= 0.6 is 15.9 Å². The summed E-state index contributed by atoms with van der Waals surface area (Å²) in [6, 6.07) is -0.602. The first-order valence-corrected chi connectivity index (χ1v) is 4.59. The molecule has 1 unspecified atom stereocenters. The summed E-state index contributed by atoms with van der Waals surface area (Å²) in [5.41, 5.74) is 6.13. The number of carbonyl (C=O) groups excluding carboxylic acids is 1. The monoisotopic (exact) mass is 263 g/mol. The Labute approximate surface area is 88.6 Å². The van der Waals surface area contributed by atoms with Crippen LogP contribution in [0.5, 0.6) is 0 Å². The Kier molecular flexibility index (Phi) is 3.62. The number of nitrogens with two attached hydrogens (primary N) is 1. The van der Waals surface area contributed by atoms with E-state index in [4.69, 9.17) is 10.8 Å². The summed E-state index contributed by atoms with van der Waals surface area (Å²) >= 11 is 3.15. The van der Waals surface area contributed by atoms with Crippen molar-refractivity contribution in [3.05, 3.63) is 15.9 Å². The Balaban J connectivity index is 3.02. The lowest BCUT2D eigenvalue weighted by Gasteiger charge is -2.04. The first-order chi connectivity index (χ1) is 6.61. The van der Waals surface area contributed by atoms with Crippen LogP contribution in [0.1, 0.15) is 22.2 Å². The zero-order valence-electron chi connectivity index (χ0n) is 7.45. The number of rotatable bonds is 3. The van der Waals surface area contributed by atoms with Crippen molar-refractivity contribution in [1.29, 1.82) is 0 Å². The van der Waals surface area contributed by atoms with Gasteiger partial charge in [0.05, 0.1) is 29.9 Å². The fourth-order valence-electron chi connectivity index (χ4n) is 0.911. The molecule has 0 spiro atoms. The summed E-state index contributed by atoms with van der Waals surface area (Å²) in [7, 11) is 1.26. The average molecular weight is 264 g/mol. The quantitative estimate of drug-likeness (QED) is 0.664. The number of carbonyl (C=O) groups is 1. The van der Waals surface area contributed by atoms with Crippen LogP contribution in [0.2, 0.25) is 0 Å². The topological polar surface area (TPSA) is 101 Å². The normalized spacial score (nSPS) is 12.6. The lowest BCUT2D eigenvalue weighted by Crippen LogP contribution is -2.15. The highest BCUT2D eigenvalue weighted by Gasteiger charge is 2.21. The van der Waals surface area contributed by atoms with Crippen molar-refractivity contribution in [1.82, 2.24) is 10.2 Å². The number of nitrogens with one attached hydrogen (secondary N) is 1. The number of hydrogen-bond acceptors (Lipinski definition) is 5. The maximum Gasteiger partial charge on any atom is 0.359 e. The van der Waals surface area contributed by atoms with Crippen molar-refractivity contribution in [2.45, 2.75) is 6.04 Å². The maximum atomic E-state index is 11.1. The van der Waals surface area contributed by atoms with Gasteiger partial charge in [0.2, 0.25) is 0 Å². The van der Waals surface area contributed by atoms with Crippen LogP contribution in [0.25, 0.3) is 0 Å². The second-order valence-corrected chi connectivity index (χ2v) is 3.37. The van der Waals surface area contributed by atoms with Crippen LogP contribution in [0.4, 0.5) is 0 Å². The van der Waals surface area contributed by atoms with Crippen molar-refractivity contribution in [2.24, 2.45) is 5.73 Å². The first kappa shape index (κ1) is 11.2. The van der Waals surface area contributed by atoms with Gasteiger partial charge in [-0.05, 0) is 15.9 Å². The van der Waals surface area contributed by atoms with Gasteiger partial charge in [-0.25, -0.2) is 4.79 Å². The molecule has 1 rings (SSSR count). The summed E-state index contributed by atoms with van der Waals surface area (Å²) in [4.78, 5) is 11.1. The number of hydrogen-bond donors (Lipinski definition) is 3. The number of aliphatic hydroxyl groups excluding tert-OH is 1. The molecule has 1 atom stereocenters. The van der Waals surface area contributed by atoms with Crippen LogP contribution in [-0.4, -0.2) is 35.0 Å². The number of ether oxygens (including phenoxy) is 1. The van der Waals surface area contributed by atoms with Crippen LogP contribution in [-0.2, 0) is 4.74 Å². The second kappa shape index (κ2) is 4.54. The molecule has 0 saturated heterocycles. The molecule has 0 radical (unpaired) electrons. The Morgan fingerprint density at radius 3 is 3.00 bits per heavy atom. The van der Waals surface area contributed by atoms with Crippen LogP contribution in [0, 0.1) is 0 Å². The minimum atomic E-state index is -0.602. The number of aromatic amines is 1. The van der Waals surface area contributed by atoms with Crippen molar-refractivity contribution in [2.75, 3.05) is 13.7 Å². The number of halogens is 1. The largest absolute Gasteiger partial charge is 0.464 e. The predicted molar refractivity (Wildman–Crippen MR) is 51.6 cm³/mol. The molecule has 1 heterocycles. The Bertz CT molecular complexity index is 339. The summed E-state index contributed by atoms with van der Waals surface area (Å²) in [5, 5.41) is 15.1. The molecule has 0 saturated carbocycles. The Hall–Kier alpha value is -0.920. The number of H-pyrrole nitrogens is 1. The van der Waals surface area contributed by atoms with Gasteiger partial charge in [0.25, 0.3) is 0 Å². The zero-order chi connectivity index (χ0) is 10.7. The predicted octanol–water partition coefficient (Wildman–Crippen LogP) is -0.0491. The molecule has 1 aromatic rings. The van der Waals surface area contributed by atoms with E-state index in [-0.39, 0.29) is 12.3 Å². The van der Waals surface area contributed by atoms with Crippen LogP contribution in [0.15, 0.2) is 4.47 Å². The van der Waals surface area contributed by atoms with Gasteiger partial charge < -0.3 is 15.6 Å². The number of esters is 1. The highest BCUT2D eigenvalue weighted by molar-refractivity contribution is 9.10. The van der Waals surface area contributed by atoms with E-state index in [1.165, 1.54) is 7.11 Å². The highest BCUT2D eigenvalue weighted by Crippen LogP contribution is 2.23. The van der Waals surface area contributed by atoms with Crippen LogP contribution in [0.3, 0.4) is 0 Å². The van der Waals surface area contributed by atoms with Crippen molar-refractivity contribution < 1.29 is 14.6 Å². The molecule has 6 nitrogen and oxygen atoms in total. The third-order valence-electron chi connectivity index (χ3n) is 1.68. The molecule has 1 aromatic heterocycles. The van der Waals surface area contributed by atoms with E-state index in [0.29, 0.717) is 10.2 Å². The molecule has 4 N–H and O–H groups in total. The number of methoxy groups -OCH3 is 1. The van der Waals surface area contributed by atoms with Gasteiger partial charge in [0.1, 0.15) is 0 Å². The summed E-state index contributed by atoms with van der Waals surface area (Å²) in [5.74, 6) is -0.565. The molecule has 0 amide bonds. The van der Waals surface area contributed by atoms with E-state index in [1.54, 1.807) is 0 Å². The third kappa shape index (κ3) is 1.94. The molecule has 0 fully saturated rings. The fourth-order valence-corrected chi connectivity index (χ4v) is 1.54. The number of nitrogens with zero attached hydrogens (tertiary/aromatic N) is 1. The van der Waals surface area contributed by atoms with Crippen LogP contribution < -0.4 is 5.73 Å². The van der Waals surface area contributed by atoms with Crippen molar-refractivity contribution >= 4 is 21.9 Å². The van der Waals surface area contributed by atoms with Gasteiger partial charge in [-0.15, -0.1) is 0 Å². The summed E-state index contributed by atoms with van der Waals surface area (Å²) in [6.07, 6.45) is 0. The number of aliphatic hydroxyl groups is 1. The molecular weight excluding hydrogens is 254 g/mol. The molecule has 7 heteroatoms. The van der Waals surface area contributed by atoms with Crippen molar-refractivity contribution in [3.8, 4) is 0 Å². The van der Waals surface area contributed by atoms with Crippen molar-refractivity contribution in [3.63, 3.8) is 0 Å². The minimum Gasteiger partial charge on any atom is -0.464 e. The molecule has 0 bridgehead atoms. The lowest BCUT2D eigenvalue weighted by atomic mass is 10.2. The molecule has 78 valence electrons. The SMILES string of the molecule is COC(=O)c1n[nH]c(C(N)CO)c1Br. The van der Waals surface area contributed by atoms with Gasteiger partial charge in [-0.1, -0.05) is 0 Å². The molecule has 0 aliphatic carbocycles. The second-order valence-electron chi connectivity index (χ2n) is 2.58. The molecule has 14 heavy (non-hydrogen) atoms. The Morgan fingerprint density at radius 1 is 1.86 bits per heavy atom. The van der Waals surface area contributed by atoms with Gasteiger partial charge in [0, 0.05) is 0 Å². The van der Waals surface area contributed by atoms with Gasteiger partial charge >= 0.3 is 5.97 Å². The van der Waals surface area contributed by atoms with Gasteiger partial charge in [0.15, 0.2) is 5.69 Å². The Morgan fingerprint density at radius 2 is 2.50 bits per heavy atom. The minimum absolute atomic E-state index is 0.117. The molecule has 0 aliphatic rings. The average Bonchev–Trinajstić information content (AvgIpc) is 2.58. The lowest BCUT2D eigenvalue weighted by molar-refractivity contribution is 0.0593. The molecule has 0 aromatic carbocycles. The summed E-state index contributed by atoms with van der Waals surface area (Å²) < 4.78 is 4.91. The van der Waals surface area contributed by atoms with E-state index < -0.39 is 12.0 Å². The highest BCUT2D eigenvalue weighted by atomic mass is 79.9. The van der Waals surface area contributed by atoms with E-state index >= 15 is 0 Å². The van der Waals surface area contributed by atoms with E-state index in [0.717, 1.165) is 0 Å². The molecule has 0 aliphatic heterocycles.